The van der Waals surface area contributed by atoms with Gasteiger partial charge < -0.3 is 0 Å². The van der Waals surface area contributed by atoms with E-state index < -0.39 is 0 Å². The maximum atomic E-state index is 4.80. The highest BCUT2D eigenvalue weighted by molar-refractivity contribution is 7.17. The van der Waals surface area contributed by atoms with Crippen molar-refractivity contribution < 1.29 is 0 Å². The molecule has 0 saturated heterocycles. The molecule has 0 aliphatic heterocycles. The lowest BCUT2D eigenvalue weighted by atomic mass is 9.95. The first-order valence-electron chi connectivity index (χ1n) is 10.5. The first kappa shape index (κ1) is 18.7. The Hall–Kier alpha value is -4.02. The van der Waals surface area contributed by atoms with Gasteiger partial charge in [0, 0.05) is 29.1 Å². The largest absolute Gasteiger partial charge is 0.299 e. The van der Waals surface area contributed by atoms with Crippen LogP contribution < -0.4 is 0 Å². The van der Waals surface area contributed by atoms with Crippen LogP contribution in [0.3, 0.4) is 0 Å². The van der Waals surface area contributed by atoms with Crippen LogP contribution in [0, 0.1) is 0 Å². The summed E-state index contributed by atoms with van der Waals surface area (Å²) in [6.07, 6.45) is 3.94. The van der Waals surface area contributed by atoms with Gasteiger partial charge in [-0.25, -0.2) is 9.97 Å². The summed E-state index contributed by atoms with van der Waals surface area (Å²) in [5, 5.41) is 0. The van der Waals surface area contributed by atoms with Gasteiger partial charge in [0.15, 0.2) is 0 Å². The van der Waals surface area contributed by atoms with Gasteiger partial charge in [0.1, 0.15) is 5.82 Å². The number of para-hydroxylation sites is 1. The smallest absolute Gasteiger partial charge is 0.146 e. The predicted molar refractivity (Wildman–Crippen MR) is 133 cm³/mol. The van der Waals surface area contributed by atoms with E-state index in [-0.39, 0.29) is 0 Å². The molecule has 0 fully saturated rings. The molecule has 0 N–H and O–H groups in total. The normalized spacial score (nSPS) is 11.1. The van der Waals surface area contributed by atoms with Gasteiger partial charge in [-0.1, -0.05) is 84.9 Å². The minimum Gasteiger partial charge on any atom is -0.299 e. The molecule has 3 nitrogen and oxygen atoms in total. The number of nitrogens with zero attached hydrogens (tertiary/aromatic N) is 3. The number of thiazole rings is 1. The molecule has 0 atom stereocenters. The Morgan fingerprint density at radius 2 is 1.22 bits per heavy atom. The molecule has 6 aromatic rings. The highest BCUT2D eigenvalue weighted by atomic mass is 32.1. The fourth-order valence-electron chi connectivity index (χ4n) is 4.25. The van der Waals surface area contributed by atoms with E-state index in [4.69, 9.17) is 4.98 Å². The number of hydrogen-bond donors (Lipinski definition) is 0. The van der Waals surface area contributed by atoms with E-state index in [1.165, 1.54) is 22.3 Å². The molecule has 152 valence electrons. The van der Waals surface area contributed by atoms with Crippen LogP contribution in [0.1, 0.15) is 0 Å². The number of aromatic nitrogens is 3. The molecule has 4 aromatic carbocycles. The molecule has 2 heterocycles. The Kier molecular flexibility index (Phi) is 4.63. The van der Waals surface area contributed by atoms with Crippen molar-refractivity contribution in [3.63, 3.8) is 0 Å². The zero-order chi connectivity index (χ0) is 21.3. The number of imidazole rings is 1. The molecule has 2 aromatic heterocycles. The van der Waals surface area contributed by atoms with Crippen molar-refractivity contribution in [1.82, 2.24) is 14.5 Å². The van der Waals surface area contributed by atoms with Crippen LogP contribution in [0.25, 0.3) is 49.5 Å². The summed E-state index contributed by atoms with van der Waals surface area (Å²) in [6.45, 7) is 0. The first-order chi connectivity index (χ1) is 15.9. The summed E-state index contributed by atoms with van der Waals surface area (Å²) in [4.78, 5) is 9.31. The summed E-state index contributed by atoms with van der Waals surface area (Å²) in [7, 11) is 0. The van der Waals surface area contributed by atoms with E-state index in [0.29, 0.717) is 0 Å². The van der Waals surface area contributed by atoms with E-state index in [9.17, 15) is 0 Å². The summed E-state index contributed by atoms with van der Waals surface area (Å²) in [6, 6.07) is 33.8. The Bertz CT molecular complexity index is 1460. The molecular weight excluding hydrogens is 410 g/mol. The molecule has 0 radical (unpaired) electrons. The lowest BCUT2D eigenvalue weighted by Crippen LogP contribution is -2.02. The first-order valence-corrected chi connectivity index (χ1v) is 11.4. The molecule has 0 spiro atoms. The maximum Gasteiger partial charge on any atom is 0.146 e. The van der Waals surface area contributed by atoms with Crippen molar-refractivity contribution >= 4 is 21.6 Å². The van der Waals surface area contributed by atoms with Crippen LogP contribution in [-0.4, -0.2) is 14.5 Å². The van der Waals surface area contributed by atoms with E-state index in [1.54, 1.807) is 11.3 Å². The second kappa shape index (κ2) is 7.91. The summed E-state index contributed by atoms with van der Waals surface area (Å²) >= 11 is 1.65. The summed E-state index contributed by atoms with van der Waals surface area (Å²) < 4.78 is 3.37. The quantitative estimate of drug-likeness (QED) is 0.291. The monoisotopic (exact) mass is 429 g/mol. The molecule has 0 aliphatic rings. The third kappa shape index (κ3) is 3.13. The van der Waals surface area contributed by atoms with Gasteiger partial charge in [0.2, 0.25) is 0 Å². The predicted octanol–water partition coefficient (Wildman–Crippen LogP) is 7.48. The maximum absolute atomic E-state index is 4.80. The van der Waals surface area contributed by atoms with Gasteiger partial charge in [-0.05, 0) is 23.3 Å². The van der Waals surface area contributed by atoms with Crippen molar-refractivity contribution in [1.29, 1.82) is 0 Å². The zero-order valence-corrected chi connectivity index (χ0v) is 18.0. The molecule has 0 amide bonds. The minimum atomic E-state index is 0.917. The van der Waals surface area contributed by atoms with Crippen LogP contribution in [0.2, 0.25) is 0 Å². The fraction of sp³-hybridized carbons (Fsp3) is 0. The Morgan fingerprint density at radius 1 is 0.594 bits per heavy atom. The summed E-state index contributed by atoms with van der Waals surface area (Å²) in [5.41, 5.74) is 9.81. The zero-order valence-electron chi connectivity index (χ0n) is 17.2. The number of rotatable bonds is 4. The molecule has 0 saturated carbocycles. The van der Waals surface area contributed by atoms with Crippen LogP contribution in [0.15, 0.2) is 115 Å². The average Bonchev–Trinajstić information content (AvgIpc) is 3.54. The molecule has 4 heteroatoms. The van der Waals surface area contributed by atoms with Crippen molar-refractivity contribution in [2.24, 2.45) is 0 Å². The van der Waals surface area contributed by atoms with E-state index in [2.05, 4.69) is 113 Å². The Labute approximate surface area is 190 Å². The van der Waals surface area contributed by atoms with Crippen molar-refractivity contribution in [2.75, 3.05) is 0 Å². The Morgan fingerprint density at radius 3 is 1.91 bits per heavy atom. The molecular formula is C28H19N3S. The van der Waals surface area contributed by atoms with Crippen LogP contribution in [0.5, 0.6) is 0 Å². The SMILES string of the molecule is c1ccc(-c2cccc(-c3ccccc3)c2-n2ccnc2-c2cccc3ncsc23)cc1. The molecule has 0 unspecified atom stereocenters. The highest BCUT2D eigenvalue weighted by Gasteiger charge is 2.19. The minimum absolute atomic E-state index is 0.917. The number of fused-ring (bicyclic) bond motifs is 1. The molecule has 32 heavy (non-hydrogen) atoms. The van der Waals surface area contributed by atoms with Crippen LogP contribution in [0.4, 0.5) is 0 Å². The molecule has 0 bridgehead atoms. The highest BCUT2D eigenvalue weighted by Crippen LogP contribution is 2.39. The Balaban J connectivity index is 1.67. The molecule has 0 aliphatic carbocycles. The van der Waals surface area contributed by atoms with Gasteiger partial charge in [-0.3, -0.25) is 4.57 Å². The van der Waals surface area contributed by atoms with Gasteiger partial charge in [0.25, 0.3) is 0 Å². The fourth-order valence-corrected chi connectivity index (χ4v) is 5.05. The topological polar surface area (TPSA) is 30.7 Å². The standard InChI is InChI=1S/C28H19N3S/c1-3-9-20(10-4-1)22-13-7-14-23(21-11-5-2-6-12-21)26(22)31-18-17-29-28(31)24-15-8-16-25-27(24)32-19-30-25/h1-19H. The van der Waals surface area contributed by atoms with Crippen LogP contribution in [-0.2, 0) is 0 Å². The van der Waals surface area contributed by atoms with E-state index >= 15 is 0 Å². The summed E-state index contributed by atoms with van der Waals surface area (Å²) in [5.74, 6) is 0.917. The second-order valence-electron chi connectivity index (χ2n) is 7.56. The average molecular weight is 430 g/mol. The van der Waals surface area contributed by atoms with Gasteiger partial charge in [-0.2, -0.15) is 0 Å². The lowest BCUT2D eigenvalue weighted by molar-refractivity contribution is 1.07. The second-order valence-corrected chi connectivity index (χ2v) is 8.42. The molecule has 6 rings (SSSR count). The van der Waals surface area contributed by atoms with Gasteiger partial charge in [0.05, 0.1) is 21.4 Å². The van der Waals surface area contributed by atoms with Crippen LogP contribution >= 0.6 is 11.3 Å². The number of benzene rings is 4. The van der Waals surface area contributed by atoms with E-state index in [0.717, 1.165) is 27.3 Å². The van der Waals surface area contributed by atoms with Gasteiger partial charge >= 0.3 is 0 Å². The van der Waals surface area contributed by atoms with E-state index in [1.807, 2.05) is 11.7 Å². The van der Waals surface area contributed by atoms with Crippen molar-refractivity contribution in [3.05, 3.63) is 115 Å². The third-order valence-corrected chi connectivity index (χ3v) is 6.56. The number of hydrogen-bond acceptors (Lipinski definition) is 3. The van der Waals surface area contributed by atoms with Gasteiger partial charge in [-0.15, -0.1) is 11.3 Å². The lowest BCUT2D eigenvalue weighted by Gasteiger charge is -2.19. The van der Waals surface area contributed by atoms with Crippen molar-refractivity contribution in [3.8, 4) is 39.3 Å². The van der Waals surface area contributed by atoms with Crippen molar-refractivity contribution in [2.45, 2.75) is 0 Å². The third-order valence-electron chi connectivity index (χ3n) is 5.68.